The summed E-state index contributed by atoms with van der Waals surface area (Å²) in [5.74, 6) is -0.289. The number of pyridine rings is 1. The number of ether oxygens (including phenoxy) is 1. The number of benzene rings is 1. The predicted molar refractivity (Wildman–Crippen MR) is 139 cm³/mol. The van der Waals surface area contributed by atoms with E-state index in [0.717, 1.165) is 56.9 Å². The van der Waals surface area contributed by atoms with Crippen molar-refractivity contribution in [3.63, 3.8) is 0 Å². The number of likely N-dealkylation sites (tertiary alicyclic amines) is 1. The number of H-pyrrole nitrogens is 1. The smallest absolute Gasteiger partial charge is 0.251 e. The first-order chi connectivity index (χ1) is 16.2. The van der Waals surface area contributed by atoms with Gasteiger partial charge in [0.15, 0.2) is 5.43 Å². The molecule has 0 bridgehead atoms. The predicted octanol–water partition coefficient (Wildman–Crippen LogP) is 4.17. The summed E-state index contributed by atoms with van der Waals surface area (Å²) in [5, 5.41) is 3.58. The lowest BCUT2D eigenvalue weighted by Gasteiger charge is -2.40. The molecule has 0 radical (unpaired) electrons. The molecule has 1 aliphatic heterocycles. The largest absolute Gasteiger partial charge is 0.383 e. The highest BCUT2D eigenvalue weighted by Crippen LogP contribution is 2.32. The SMILES string of the molecule is CCN(c1cc(Cl)cc(C(=O)NCc2c(Cl)[nH]c(C)cc2=O)c1C)C1CCN(CCOC)CC1. The average molecular weight is 509 g/mol. The van der Waals surface area contributed by atoms with Gasteiger partial charge < -0.3 is 24.8 Å². The number of carbonyl (C=O) groups is 1. The molecule has 3 rings (SSSR count). The minimum absolute atomic E-state index is 0.0337. The van der Waals surface area contributed by atoms with Gasteiger partial charge in [0.2, 0.25) is 0 Å². The third-order valence-electron chi connectivity index (χ3n) is 6.49. The second-order valence-electron chi connectivity index (χ2n) is 8.74. The topological polar surface area (TPSA) is 77.7 Å². The highest BCUT2D eigenvalue weighted by molar-refractivity contribution is 6.31. The van der Waals surface area contributed by atoms with E-state index >= 15 is 0 Å². The summed E-state index contributed by atoms with van der Waals surface area (Å²) in [4.78, 5) is 33.1. The van der Waals surface area contributed by atoms with Crippen molar-refractivity contribution in [3.05, 3.63) is 61.0 Å². The third kappa shape index (κ3) is 6.33. The Bertz CT molecular complexity index is 1060. The van der Waals surface area contributed by atoms with Crippen molar-refractivity contribution in [2.45, 2.75) is 46.2 Å². The molecule has 0 spiro atoms. The van der Waals surface area contributed by atoms with Crippen molar-refractivity contribution in [1.82, 2.24) is 15.2 Å². The van der Waals surface area contributed by atoms with E-state index in [1.807, 2.05) is 13.0 Å². The number of anilines is 1. The van der Waals surface area contributed by atoms with Gasteiger partial charge in [-0.1, -0.05) is 23.2 Å². The fourth-order valence-corrected chi connectivity index (χ4v) is 5.13. The van der Waals surface area contributed by atoms with Gasteiger partial charge >= 0.3 is 0 Å². The van der Waals surface area contributed by atoms with E-state index in [1.165, 1.54) is 6.07 Å². The quantitative estimate of drug-likeness (QED) is 0.497. The first-order valence-corrected chi connectivity index (χ1v) is 12.4. The molecule has 0 unspecified atom stereocenters. The van der Waals surface area contributed by atoms with Crippen molar-refractivity contribution >= 4 is 34.8 Å². The normalized spacial score (nSPS) is 14.9. The number of methoxy groups -OCH3 is 1. The van der Waals surface area contributed by atoms with Crippen LogP contribution in [0.25, 0.3) is 0 Å². The number of halogens is 2. The molecule has 1 fully saturated rings. The number of amides is 1. The van der Waals surface area contributed by atoms with Gasteiger partial charge in [-0.2, -0.15) is 0 Å². The summed E-state index contributed by atoms with van der Waals surface area (Å²) in [5.41, 5.74) is 3.13. The van der Waals surface area contributed by atoms with Gasteiger partial charge in [0, 0.05) is 73.9 Å². The molecule has 7 nitrogen and oxygen atoms in total. The van der Waals surface area contributed by atoms with E-state index in [2.05, 4.69) is 27.0 Å². The molecule has 0 saturated carbocycles. The Labute approximate surface area is 211 Å². The highest BCUT2D eigenvalue weighted by atomic mass is 35.5. The van der Waals surface area contributed by atoms with Crippen molar-refractivity contribution in [2.75, 3.05) is 44.8 Å². The van der Waals surface area contributed by atoms with Crippen LogP contribution in [0.15, 0.2) is 23.0 Å². The van der Waals surface area contributed by atoms with Gasteiger partial charge in [-0.25, -0.2) is 0 Å². The maximum atomic E-state index is 13.1. The van der Waals surface area contributed by atoms with Crippen LogP contribution in [0, 0.1) is 13.8 Å². The Morgan fingerprint density at radius 2 is 1.94 bits per heavy atom. The number of nitrogens with one attached hydrogen (secondary N) is 2. The van der Waals surface area contributed by atoms with E-state index in [9.17, 15) is 9.59 Å². The summed E-state index contributed by atoms with van der Waals surface area (Å²) in [6.07, 6.45) is 2.08. The molecule has 2 heterocycles. The number of hydrogen-bond donors (Lipinski definition) is 2. The molecule has 34 heavy (non-hydrogen) atoms. The molecule has 186 valence electrons. The molecule has 1 amide bonds. The summed E-state index contributed by atoms with van der Waals surface area (Å²) < 4.78 is 5.21. The number of aromatic nitrogens is 1. The van der Waals surface area contributed by atoms with Crippen molar-refractivity contribution in [1.29, 1.82) is 0 Å². The van der Waals surface area contributed by atoms with Crippen LogP contribution in [-0.4, -0.2) is 61.7 Å². The van der Waals surface area contributed by atoms with Gasteiger partial charge in [0.05, 0.1) is 12.2 Å². The summed E-state index contributed by atoms with van der Waals surface area (Å²) in [6, 6.07) is 5.46. The lowest BCUT2D eigenvalue weighted by Crippen LogP contribution is -2.46. The summed E-state index contributed by atoms with van der Waals surface area (Å²) in [6.45, 7) is 10.4. The lowest BCUT2D eigenvalue weighted by atomic mass is 9.99. The van der Waals surface area contributed by atoms with Crippen molar-refractivity contribution in [2.24, 2.45) is 0 Å². The monoisotopic (exact) mass is 508 g/mol. The van der Waals surface area contributed by atoms with Crippen LogP contribution in [0.3, 0.4) is 0 Å². The highest BCUT2D eigenvalue weighted by Gasteiger charge is 2.26. The van der Waals surface area contributed by atoms with Gasteiger partial charge in [0.25, 0.3) is 5.91 Å². The number of nitrogens with zero attached hydrogens (tertiary/aromatic N) is 2. The number of piperidine rings is 1. The van der Waals surface area contributed by atoms with Gasteiger partial charge in [-0.05, 0) is 51.3 Å². The molecule has 1 aromatic carbocycles. The molecule has 2 N–H and O–H groups in total. The minimum Gasteiger partial charge on any atom is -0.383 e. The van der Waals surface area contributed by atoms with Crippen molar-refractivity contribution < 1.29 is 9.53 Å². The zero-order chi connectivity index (χ0) is 24.8. The number of hydrogen-bond acceptors (Lipinski definition) is 5. The van der Waals surface area contributed by atoms with E-state index in [1.54, 1.807) is 20.1 Å². The molecule has 0 atom stereocenters. The molecule has 2 aromatic rings. The van der Waals surface area contributed by atoms with Crippen LogP contribution in [0.2, 0.25) is 10.2 Å². The Morgan fingerprint density at radius 3 is 2.56 bits per heavy atom. The van der Waals surface area contributed by atoms with Crippen LogP contribution < -0.4 is 15.6 Å². The van der Waals surface area contributed by atoms with E-state index in [-0.39, 0.29) is 23.0 Å². The Balaban J connectivity index is 1.77. The molecule has 9 heteroatoms. The fraction of sp³-hybridized carbons (Fsp3) is 0.520. The minimum atomic E-state index is -0.289. The zero-order valence-electron chi connectivity index (χ0n) is 20.3. The van der Waals surface area contributed by atoms with E-state index < -0.39 is 0 Å². The van der Waals surface area contributed by atoms with E-state index in [4.69, 9.17) is 27.9 Å². The Kier molecular flexibility index (Phi) is 9.42. The molecular weight excluding hydrogens is 475 g/mol. The number of aromatic amines is 1. The zero-order valence-corrected chi connectivity index (χ0v) is 21.9. The summed E-state index contributed by atoms with van der Waals surface area (Å²) >= 11 is 12.7. The summed E-state index contributed by atoms with van der Waals surface area (Å²) in [7, 11) is 1.73. The number of aryl methyl sites for hydroxylation is 1. The van der Waals surface area contributed by atoms with Gasteiger partial charge in [-0.15, -0.1) is 0 Å². The van der Waals surface area contributed by atoms with Gasteiger partial charge in [0.1, 0.15) is 5.15 Å². The van der Waals surface area contributed by atoms with Gasteiger partial charge in [-0.3, -0.25) is 9.59 Å². The third-order valence-corrected chi connectivity index (χ3v) is 7.03. The van der Waals surface area contributed by atoms with Crippen LogP contribution in [0.5, 0.6) is 0 Å². The van der Waals surface area contributed by atoms with Crippen LogP contribution in [0.4, 0.5) is 5.69 Å². The average Bonchev–Trinajstić information content (AvgIpc) is 2.80. The molecule has 1 saturated heterocycles. The first kappa shape index (κ1) is 26.5. The second-order valence-corrected chi connectivity index (χ2v) is 9.56. The van der Waals surface area contributed by atoms with Crippen LogP contribution >= 0.6 is 23.2 Å². The molecule has 1 aromatic heterocycles. The maximum absolute atomic E-state index is 13.1. The first-order valence-electron chi connectivity index (χ1n) is 11.7. The Morgan fingerprint density at radius 1 is 1.24 bits per heavy atom. The van der Waals surface area contributed by atoms with Crippen molar-refractivity contribution in [3.8, 4) is 0 Å². The van der Waals surface area contributed by atoms with Crippen LogP contribution in [0.1, 0.15) is 46.9 Å². The fourth-order valence-electron chi connectivity index (χ4n) is 4.60. The number of carbonyl (C=O) groups excluding carboxylic acids is 1. The van der Waals surface area contributed by atoms with Crippen LogP contribution in [-0.2, 0) is 11.3 Å². The lowest BCUT2D eigenvalue weighted by molar-refractivity contribution is 0.0950. The molecule has 1 aliphatic rings. The molecular formula is C25H34Cl2N4O3. The number of rotatable bonds is 9. The second kappa shape index (κ2) is 12.1. The standard InChI is InChI=1S/C25H34Cl2N4O3/c1-5-31(19-6-8-30(9-7-19)10-11-34-4)22-14-18(26)13-20(17(22)3)25(33)28-15-21-23(32)12-16(2)29-24(21)27/h12-14,19H,5-11,15H2,1-4H3,(H,28,33)(H,29,32). The maximum Gasteiger partial charge on any atom is 0.251 e. The molecule has 0 aliphatic carbocycles. The Hall–Kier alpha value is -2.06. The van der Waals surface area contributed by atoms with E-state index in [0.29, 0.717) is 27.9 Å².